The van der Waals surface area contributed by atoms with Gasteiger partial charge in [0.25, 0.3) is 11.8 Å². The highest BCUT2D eigenvalue weighted by Gasteiger charge is 2.46. The number of nitrogens with zero attached hydrogens (tertiary/aromatic N) is 4. The molecular weight excluding hydrogens is 1140 g/mol. The summed E-state index contributed by atoms with van der Waals surface area (Å²) in [4.78, 5) is 99.9. The highest BCUT2D eigenvalue weighted by Crippen LogP contribution is 2.41. The summed E-state index contributed by atoms with van der Waals surface area (Å²) in [6.45, 7) is 3.99. The molecule has 5 aromatic carbocycles. The molecule has 2 aromatic heterocycles. The van der Waals surface area contributed by atoms with Crippen LogP contribution >= 0.6 is 22.7 Å². The molecule has 0 spiro atoms. The lowest BCUT2D eigenvalue weighted by Crippen LogP contribution is -2.56. The molecule has 4 heterocycles. The average molecular weight is 1220 g/mol. The lowest BCUT2D eigenvalue weighted by Gasteiger charge is -2.35. The van der Waals surface area contributed by atoms with E-state index < -0.39 is 48.3 Å². The van der Waals surface area contributed by atoms with Gasteiger partial charge in [-0.15, -0.1) is 22.7 Å². The van der Waals surface area contributed by atoms with E-state index in [1.54, 1.807) is 52.2 Å². The van der Waals surface area contributed by atoms with Crippen LogP contribution in [0.25, 0.3) is 44.8 Å². The summed E-state index contributed by atoms with van der Waals surface area (Å²) in [5.74, 6) is -1.60. The maximum Gasteiger partial charge on any atom is 0.251 e. The molecule has 7 aromatic rings. The molecule has 6 amide bonds. The minimum atomic E-state index is -0.740. The van der Waals surface area contributed by atoms with E-state index in [4.69, 9.17) is 9.97 Å². The van der Waals surface area contributed by atoms with E-state index in [-0.39, 0.29) is 60.4 Å². The first-order chi connectivity index (χ1) is 42.8. The van der Waals surface area contributed by atoms with Gasteiger partial charge >= 0.3 is 0 Å². The Labute approximate surface area is 524 Å². The van der Waals surface area contributed by atoms with E-state index in [1.807, 2.05) is 57.0 Å². The Hall–Kier alpha value is -7.90. The van der Waals surface area contributed by atoms with E-state index in [9.17, 15) is 19.2 Å². The van der Waals surface area contributed by atoms with Crippen LogP contribution in [0.2, 0.25) is 0 Å². The number of rotatable bonds is 20. The van der Waals surface area contributed by atoms with Crippen molar-refractivity contribution in [2.45, 2.75) is 139 Å². The van der Waals surface area contributed by atoms with Gasteiger partial charge in [-0.25, -0.2) is 9.97 Å². The number of likely N-dealkylation sites (N-methyl/N-ethyl adjacent to an activating group) is 2. The SMILES string of the molecule is CN[C@@H](C)C(=O)N[C@H](C(=O)N1C[C@@H](NC(=O)c2ccc(C(=O)N[C@H]3C[C@@H](c4nc(-c5ccc(-c6ccccc6)cc5)cs4)N(C(=O)[C@@H](NC(=O)[C@H](C)NC)C4CCCCC4)C3)cc2)C[C@H]1c1nc(-c2ccc(-c3ccccc3)cc2)cs1)C1CCCCC1. The number of amides is 6. The zero-order valence-electron chi connectivity index (χ0n) is 50.6. The van der Waals surface area contributed by atoms with Crippen molar-refractivity contribution in [3.8, 4) is 44.8 Å². The van der Waals surface area contributed by atoms with E-state index in [0.717, 1.165) is 119 Å². The predicted octanol–water partition coefficient (Wildman–Crippen LogP) is 10.8. The zero-order chi connectivity index (χ0) is 61.3. The minimum Gasteiger partial charge on any atom is -0.347 e. The largest absolute Gasteiger partial charge is 0.347 e. The standard InChI is InChI=1S/C70H80N10O6S2/c1-43(71-3)63(81)77-61(51-21-13-7-14-22-51)69(85)79-39-55(37-59(79)67-75-57(41-87-67)49-29-25-47(26-30-49)45-17-9-5-10-18-45)73-65(83)53-33-35-54(36-34-53)66(84)74-56-38-60(68-76-58(42-88-68)50-31-27-48(28-32-50)46-19-11-6-12-20-46)80(40-56)70(86)62(52-23-15-8-16-24-52)78-64(82)44(2)72-4/h5-6,9-12,17-20,25-36,41-44,51-52,55-56,59-62,71-72H,7-8,13-16,21-24,37-40H2,1-4H3,(H,73,83)(H,74,84)(H,77,81)(H,78,82)/t43-,44-,55-,56-,59-,60-,61-,62-/m0/s1. The highest BCUT2D eigenvalue weighted by atomic mass is 32.1. The summed E-state index contributed by atoms with van der Waals surface area (Å²) in [5.41, 5.74) is 8.60. The van der Waals surface area contributed by atoms with Crippen LogP contribution in [0.3, 0.4) is 0 Å². The molecule has 6 N–H and O–H groups in total. The summed E-state index contributed by atoms with van der Waals surface area (Å²) >= 11 is 2.97. The van der Waals surface area contributed by atoms with Crippen LogP contribution in [0.15, 0.2) is 144 Å². The molecule has 4 fully saturated rings. The van der Waals surface area contributed by atoms with Crippen molar-refractivity contribution in [3.05, 3.63) is 165 Å². The zero-order valence-corrected chi connectivity index (χ0v) is 52.2. The lowest BCUT2D eigenvalue weighted by molar-refractivity contribution is -0.139. The van der Waals surface area contributed by atoms with Crippen LogP contribution in [-0.4, -0.2) is 119 Å². The van der Waals surface area contributed by atoms with Gasteiger partial charge in [0.05, 0.1) is 35.6 Å². The molecule has 0 unspecified atom stereocenters. The van der Waals surface area contributed by atoms with Crippen LogP contribution in [0.4, 0.5) is 0 Å². The lowest BCUT2D eigenvalue weighted by atomic mass is 9.83. The first kappa shape index (κ1) is 61.7. The summed E-state index contributed by atoms with van der Waals surface area (Å²) < 4.78 is 0. The van der Waals surface area contributed by atoms with E-state index >= 15 is 9.59 Å². The molecule has 0 bridgehead atoms. The number of aromatic nitrogens is 2. The van der Waals surface area contributed by atoms with Gasteiger partial charge in [-0.05, 0) is 125 Å². The van der Waals surface area contributed by atoms with Crippen LogP contribution in [0.1, 0.15) is 134 Å². The fraction of sp³-hybridized carbons (Fsp3) is 0.400. The fourth-order valence-electron chi connectivity index (χ4n) is 13.1. The summed E-state index contributed by atoms with van der Waals surface area (Å²) in [5, 5.41) is 24.3. The molecule has 18 heteroatoms. The van der Waals surface area contributed by atoms with Crippen molar-refractivity contribution < 1.29 is 28.8 Å². The number of hydrogen-bond acceptors (Lipinski definition) is 12. The smallest absolute Gasteiger partial charge is 0.251 e. The van der Waals surface area contributed by atoms with Crippen LogP contribution < -0.4 is 31.9 Å². The Bertz CT molecular complexity index is 3300. The third-order valence-corrected chi connectivity index (χ3v) is 20.4. The van der Waals surface area contributed by atoms with Crippen LogP contribution in [-0.2, 0) is 19.2 Å². The second kappa shape index (κ2) is 28.5. The summed E-state index contributed by atoms with van der Waals surface area (Å²) in [6, 6.07) is 39.2. The third-order valence-electron chi connectivity index (χ3n) is 18.5. The van der Waals surface area contributed by atoms with Crippen molar-refractivity contribution in [1.82, 2.24) is 51.7 Å². The van der Waals surface area contributed by atoms with Gasteiger partial charge in [0, 0.05) is 58.2 Å². The van der Waals surface area contributed by atoms with E-state index in [0.29, 0.717) is 24.0 Å². The second-order valence-electron chi connectivity index (χ2n) is 24.2. The van der Waals surface area contributed by atoms with Crippen molar-refractivity contribution in [1.29, 1.82) is 0 Å². The number of thiazole rings is 2. The Morgan fingerprint density at radius 2 is 0.795 bits per heavy atom. The molecule has 2 aliphatic heterocycles. The van der Waals surface area contributed by atoms with Gasteiger partial charge in [-0.1, -0.05) is 148 Å². The Balaban J connectivity index is 0.801. The monoisotopic (exact) mass is 1220 g/mol. The van der Waals surface area contributed by atoms with Crippen molar-refractivity contribution in [3.63, 3.8) is 0 Å². The molecule has 16 nitrogen and oxygen atoms in total. The van der Waals surface area contributed by atoms with Gasteiger partial charge in [0.1, 0.15) is 22.1 Å². The Kier molecular flexibility index (Phi) is 20.0. The molecule has 4 aliphatic rings. The van der Waals surface area contributed by atoms with Crippen molar-refractivity contribution >= 4 is 58.1 Å². The summed E-state index contributed by atoms with van der Waals surface area (Å²) in [6.07, 6.45) is 10.2. The molecule has 2 saturated carbocycles. The van der Waals surface area contributed by atoms with Gasteiger partial charge in [0.2, 0.25) is 23.6 Å². The van der Waals surface area contributed by atoms with Crippen LogP contribution in [0, 0.1) is 11.8 Å². The van der Waals surface area contributed by atoms with E-state index in [1.165, 1.54) is 22.7 Å². The number of carbonyl (C=O) groups is 6. The maximum atomic E-state index is 15.1. The van der Waals surface area contributed by atoms with Gasteiger partial charge < -0.3 is 41.7 Å². The average Bonchev–Trinajstić information content (AvgIpc) is 4.01. The first-order valence-corrected chi connectivity index (χ1v) is 33.1. The third kappa shape index (κ3) is 14.3. The minimum absolute atomic E-state index is 0.0305. The quantitative estimate of drug-likeness (QED) is 0.0426. The molecule has 88 heavy (non-hydrogen) atoms. The normalized spacial score (nSPS) is 20.4. The molecule has 8 atom stereocenters. The maximum absolute atomic E-state index is 15.1. The van der Waals surface area contributed by atoms with Gasteiger partial charge in [0.15, 0.2) is 0 Å². The molecule has 11 rings (SSSR count). The number of nitrogens with one attached hydrogen (secondary N) is 6. The number of likely N-dealkylation sites (tertiary alicyclic amines) is 2. The summed E-state index contributed by atoms with van der Waals surface area (Å²) in [7, 11) is 3.45. The van der Waals surface area contributed by atoms with Crippen molar-refractivity contribution in [2.75, 3.05) is 27.2 Å². The molecule has 2 aliphatic carbocycles. The molecule has 2 saturated heterocycles. The number of carbonyl (C=O) groups excluding carboxylic acids is 6. The van der Waals surface area contributed by atoms with E-state index in [2.05, 4.69) is 105 Å². The Morgan fingerprint density at radius 1 is 0.455 bits per heavy atom. The number of hydrogen-bond donors (Lipinski definition) is 6. The first-order valence-electron chi connectivity index (χ1n) is 31.3. The highest BCUT2D eigenvalue weighted by molar-refractivity contribution is 7.10. The van der Waals surface area contributed by atoms with Gasteiger partial charge in [-0.2, -0.15) is 0 Å². The molecular formula is C70H80N10O6S2. The second-order valence-corrected chi connectivity index (χ2v) is 26.0. The van der Waals surface area contributed by atoms with Crippen molar-refractivity contribution in [2.24, 2.45) is 11.8 Å². The predicted molar refractivity (Wildman–Crippen MR) is 347 cm³/mol. The topological polar surface area (TPSA) is 207 Å². The molecule has 0 radical (unpaired) electrons. The van der Waals surface area contributed by atoms with Gasteiger partial charge in [-0.3, -0.25) is 28.8 Å². The molecule has 458 valence electrons. The fourth-order valence-corrected chi connectivity index (χ4v) is 15.0. The Morgan fingerprint density at radius 3 is 1.15 bits per heavy atom. The number of benzene rings is 5. The van der Waals surface area contributed by atoms with Crippen LogP contribution in [0.5, 0.6) is 0 Å².